The van der Waals surface area contributed by atoms with Crippen LogP contribution < -0.4 is 10.1 Å². The molecule has 1 aromatic rings. The van der Waals surface area contributed by atoms with E-state index in [-0.39, 0.29) is 5.92 Å². The molecule has 1 amide bonds. The van der Waals surface area contributed by atoms with E-state index in [0.29, 0.717) is 13.2 Å². The minimum atomic E-state index is -3.35. The highest BCUT2D eigenvalue weighted by atomic mass is 32.2. The van der Waals surface area contributed by atoms with Gasteiger partial charge in [-0.15, -0.1) is 0 Å². The lowest BCUT2D eigenvalue weighted by molar-refractivity contribution is -0.120. The number of para-hydroxylation sites is 1. The zero-order valence-corrected chi connectivity index (χ0v) is 12.4. The van der Waals surface area contributed by atoms with Crippen molar-refractivity contribution in [2.24, 2.45) is 5.92 Å². The van der Waals surface area contributed by atoms with Gasteiger partial charge in [0.15, 0.2) is 9.84 Å². The van der Waals surface area contributed by atoms with Crippen molar-refractivity contribution < 1.29 is 17.9 Å². The number of rotatable bonds is 4. The summed E-state index contributed by atoms with van der Waals surface area (Å²) in [6.07, 6.45) is 1.89. The lowest BCUT2D eigenvalue weighted by Crippen LogP contribution is -2.41. The largest absolute Gasteiger partial charge is 0.493 e. The fourth-order valence-corrected chi connectivity index (χ4v) is 2.58. The highest BCUT2D eigenvalue weighted by Crippen LogP contribution is 2.26. The number of hydrogen-bond donors (Lipinski definition) is 1. The Morgan fingerprint density at radius 2 is 2.15 bits per heavy atom. The van der Waals surface area contributed by atoms with E-state index in [1.54, 1.807) is 0 Å². The molecule has 2 rings (SSSR count). The van der Waals surface area contributed by atoms with Crippen LogP contribution in [-0.4, -0.2) is 39.0 Å². The van der Waals surface area contributed by atoms with E-state index in [0.717, 1.165) is 24.0 Å². The van der Waals surface area contributed by atoms with Crippen LogP contribution in [0.2, 0.25) is 0 Å². The molecule has 5 nitrogen and oxygen atoms in total. The molecular weight excluding hydrogens is 278 g/mol. The zero-order valence-electron chi connectivity index (χ0n) is 11.6. The van der Waals surface area contributed by atoms with Gasteiger partial charge in [-0.25, -0.2) is 8.42 Å². The molecule has 0 aromatic heterocycles. The summed E-state index contributed by atoms with van der Waals surface area (Å²) in [4.78, 5) is 11.7. The van der Waals surface area contributed by atoms with Gasteiger partial charge in [-0.3, -0.25) is 4.79 Å². The molecule has 2 atom stereocenters. The molecule has 20 heavy (non-hydrogen) atoms. The van der Waals surface area contributed by atoms with Crippen molar-refractivity contribution in [3.05, 3.63) is 29.8 Å². The average Bonchev–Trinajstić information content (AvgIpc) is 2.42. The van der Waals surface area contributed by atoms with Gasteiger partial charge < -0.3 is 10.1 Å². The summed E-state index contributed by atoms with van der Waals surface area (Å²) in [5.74, 6) is 0.603. The van der Waals surface area contributed by atoms with Gasteiger partial charge in [0.05, 0.1) is 6.61 Å². The van der Waals surface area contributed by atoms with Crippen LogP contribution in [0.3, 0.4) is 0 Å². The summed E-state index contributed by atoms with van der Waals surface area (Å²) >= 11 is 0. The monoisotopic (exact) mass is 297 g/mol. The average molecular weight is 297 g/mol. The molecule has 1 aromatic carbocycles. The second-order valence-corrected chi connectivity index (χ2v) is 7.57. The highest BCUT2D eigenvalue weighted by molar-refractivity contribution is 7.92. The number of sulfone groups is 1. The van der Waals surface area contributed by atoms with Gasteiger partial charge in [-0.1, -0.05) is 18.2 Å². The number of carbonyl (C=O) groups excluding carboxylic acids is 1. The molecule has 0 unspecified atom stereocenters. The number of hydrogen-bond acceptors (Lipinski definition) is 4. The molecule has 0 aliphatic carbocycles. The summed E-state index contributed by atoms with van der Waals surface area (Å²) in [5, 5.41) is 1.68. The number of benzene rings is 1. The lowest BCUT2D eigenvalue weighted by Gasteiger charge is -2.25. The zero-order chi connectivity index (χ0) is 14.8. The molecule has 1 aliphatic heterocycles. The normalized spacial score (nSPS) is 19.6. The number of nitrogens with one attached hydrogen (secondary N) is 1. The number of amides is 1. The molecule has 0 radical (unpaired) electrons. The Morgan fingerprint density at radius 3 is 2.85 bits per heavy atom. The number of ether oxygens (including phenoxy) is 1. The van der Waals surface area contributed by atoms with Crippen molar-refractivity contribution in [3.8, 4) is 5.75 Å². The molecular formula is C14H19NO4S. The maximum atomic E-state index is 11.7. The van der Waals surface area contributed by atoms with Gasteiger partial charge in [-0.2, -0.15) is 0 Å². The maximum Gasteiger partial charge on any atom is 0.238 e. The summed E-state index contributed by atoms with van der Waals surface area (Å²) < 4.78 is 28.2. The highest BCUT2D eigenvalue weighted by Gasteiger charge is 2.25. The van der Waals surface area contributed by atoms with Gasteiger partial charge in [0.1, 0.15) is 11.0 Å². The number of fused-ring (bicyclic) bond motifs is 1. The Morgan fingerprint density at radius 1 is 1.45 bits per heavy atom. The van der Waals surface area contributed by atoms with Crippen molar-refractivity contribution in [1.29, 1.82) is 0 Å². The first kappa shape index (κ1) is 14.8. The van der Waals surface area contributed by atoms with Crippen molar-refractivity contribution >= 4 is 15.7 Å². The van der Waals surface area contributed by atoms with Crippen molar-refractivity contribution in [1.82, 2.24) is 5.32 Å². The molecule has 0 fully saturated rings. The predicted molar refractivity (Wildman–Crippen MR) is 76.4 cm³/mol. The van der Waals surface area contributed by atoms with Crippen molar-refractivity contribution in [3.63, 3.8) is 0 Å². The summed E-state index contributed by atoms with van der Waals surface area (Å²) in [6, 6.07) is 7.81. The third kappa shape index (κ3) is 3.50. The molecule has 0 spiro atoms. The van der Waals surface area contributed by atoms with Crippen LogP contribution in [0.15, 0.2) is 24.3 Å². The Hall–Kier alpha value is -1.56. The first-order valence-electron chi connectivity index (χ1n) is 6.55. The van der Waals surface area contributed by atoms with Crippen LogP contribution in [0.4, 0.5) is 0 Å². The van der Waals surface area contributed by atoms with E-state index >= 15 is 0 Å². The van der Waals surface area contributed by atoms with Gasteiger partial charge in [0.25, 0.3) is 0 Å². The molecule has 0 saturated carbocycles. The number of carbonyl (C=O) groups is 1. The lowest BCUT2D eigenvalue weighted by atomic mass is 9.97. The van der Waals surface area contributed by atoms with Crippen LogP contribution in [-0.2, 0) is 21.1 Å². The minimum absolute atomic E-state index is 0.167. The van der Waals surface area contributed by atoms with Gasteiger partial charge >= 0.3 is 0 Å². The Kier molecular flexibility index (Phi) is 4.32. The maximum absolute atomic E-state index is 11.7. The summed E-state index contributed by atoms with van der Waals surface area (Å²) in [6.45, 7) is 2.36. The summed E-state index contributed by atoms with van der Waals surface area (Å²) in [5.41, 5.74) is 1.12. The fraction of sp³-hybridized carbons (Fsp3) is 0.500. The SMILES string of the molecule is C[C@@H](C(=O)NC[C@H]1COc2ccccc2C1)S(C)(=O)=O. The smallest absolute Gasteiger partial charge is 0.238 e. The minimum Gasteiger partial charge on any atom is -0.493 e. The van der Waals surface area contributed by atoms with E-state index in [9.17, 15) is 13.2 Å². The van der Waals surface area contributed by atoms with Gasteiger partial charge in [0.2, 0.25) is 5.91 Å². The van der Waals surface area contributed by atoms with Gasteiger partial charge in [-0.05, 0) is 25.0 Å². The molecule has 1 N–H and O–H groups in total. The third-order valence-electron chi connectivity index (χ3n) is 3.53. The van der Waals surface area contributed by atoms with E-state index in [4.69, 9.17) is 4.74 Å². The second-order valence-electron chi connectivity index (χ2n) is 5.21. The van der Waals surface area contributed by atoms with E-state index in [2.05, 4.69) is 5.32 Å². The standard InChI is InChI=1S/C14H19NO4S/c1-10(20(2,17)18)14(16)15-8-11-7-12-5-3-4-6-13(12)19-9-11/h3-6,10-11H,7-9H2,1-2H3,(H,15,16)/t10-,11-/m0/s1. The van der Waals surface area contributed by atoms with Gasteiger partial charge in [0, 0.05) is 18.7 Å². The van der Waals surface area contributed by atoms with Crippen LogP contribution in [0, 0.1) is 5.92 Å². The summed E-state index contributed by atoms with van der Waals surface area (Å²) in [7, 11) is -3.35. The molecule has 0 saturated heterocycles. The molecule has 1 heterocycles. The first-order chi connectivity index (χ1) is 9.38. The van der Waals surface area contributed by atoms with Crippen LogP contribution in [0.5, 0.6) is 5.75 Å². The van der Waals surface area contributed by atoms with E-state index < -0.39 is 21.0 Å². The molecule has 110 valence electrons. The Bertz CT molecular complexity index is 597. The predicted octanol–water partition coefficient (Wildman–Crippen LogP) is 0.787. The fourth-order valence-electron chi connectivity index (χ4n) is 2.11. The van der Waals surface area contributed by atoms with Crippen LogP contribution in [0.25, 0.3) is 0 Å². The molecule has 6 heteroatoms. The Balaban J connectivity index is 1.89. The first-order valence-corrected chi connectivity index (χ1v) is 8.50. The second kappa shape index (κ2) is 5.83. The topological polar surface area (TPSA) is 72.5 Å². The molecule has 0 bridgehead atoms. The third-order valence-corrected chi connectivity index (χ3v) is 5.03. The van der Waals surface area contributed by atoms with E-state index in [1.807, 2.05) is 24.3 Å². The van der Waals surface area contributed by atoms with Crippen molar-refractivity contribution in [2.75, 3.05) is 19.4 Å². The Labute approximate surface area is 119 Å². The van der Waals surface area contributed by atoms with Crippen LogP contribution >= 0.6 is 0 Å². The van der Waals surface area contributed by atoms with E-state index in [1.165, 1.54) is 6.92 Å². The quantitative estimate of drug-likeness (QED) is 0.891. The molecule has 1 aliphatic rings. The van der Waals surface area contributed by atoms with Crippen LogP contribution in [0.1, 0.15) is 12.5 Å². The van der Waals surface area contributed by atoms with Crippen molar-refractivity contribution in [2.45, 2.75) is 18.6 Å².